The van der Waals surface area contributed by atoms with E-state index in [1.807, 2.05) is 0 Å². The first kappa shape index (κ1) is 40.7. The van der Waals surface area contributed by atoms with Crippen molar-refractivity contribution < 1.29 is 0 Å². The predicted octanol–water partition coefficient (Wildman–Crippen LogP) is 15.3. The highest BCUT2D eigenvalue weighted by Gasteiger charge is 2.24. The highest BCUT2D eigenvalue weighted by Crippen LogP contribution is 2.48. The second kappa shape index (κ2) is 15.1. The maximum atomic E-state index is 6.75. The molecular weight excluding hydrogens is 695 g/mol. The summed E-state index contributed by atoms with van der Waals surface area (Å²) in [7, 11) is 3.57. The molecule has 0 N–H and O–H groups in total. The summed E-state index contributed by atoms with van der Waals surface area (Å²) in [4.78, 5) is 2.50. The maximum absolute atomic E-state index is 6.75. The molecule has 0 saturated carbocycles. The minimum Gasteiger partial charge on any atom is -0.0837 e. The van der Waals surface area contributed by atoms with Gasteiger partial charge >= 0.3 is 0 Å². The van der Waals surface area contributed by atoms with E-state index < -0.39 is 0 Å². The molecule has 0 atom stereocenters. The van der Waals surface area contributed by atoms with Crippen LogP contribution in [0.15, 0.2) is 32.5 Å². The first-order valence-corrected chi connectivity index (χ1v) is 18.4. The SMILES string of the molecule is C.Cc1cc(C(C)(C)C)c(Cl)c(C)c1Br.Cc1cc(C(C)(C)C)c(Cl)c(C)c1SSc1c(C)cc(C(C)(C)C)c(Cl)c1C. The van der Waals surface area contributed by atoms with Crippen LogP contribution in [0.3, 0.4) is 0 Å². The lowest BCUT2D eigenvalue weighted by atomic mass is 9.85. The van der Waals surface area contributed by atoms with Crippen LogP contribution in [0.1, 0.15) is 120 Å². The molecule has 0 aliphatic heterocycles. The molecule has 0 spiro atoms. The van der Waals surface area contributed by atoms with Gasteiger partial charge in [0, 0.05) is 29.3 Å². The van der Waals surface area contributed by atoms with Gasteiger partial charge in [-0.1, -0.05) is 160 Å². The second-order valence-electron chi connectivity index (χ2n) is 14.4. The molecule has 0 unspecified atom stereocenters. The van der Waals surface area contributed by atoms with Gasteiger partial charge in [-0.2, -0.15) is 0 Å². The van der Waals surface area contributed by atoms with Crippen molar-refractivity contribution in [1.29, 1.82) is 0 Å². The van der Waals surface area contributed by atoms with Gasteiger partial charge in [-0.15, -0.1) is 0 Å². The van der Waals surface area contributed by atoms with Crippen molar-refractivity contribution in [1.82, 2.24) is 0 Å². The zero-order chi connectivity index (χ0) is 32.7. The Bertz CT molecular complexity index is 1390. The number of aryl methyl sites for hydroxylation is 3. The van der Waals surface area contributed by atoms with Gasteiger partial charge in [0.15, 0.2) is 0 Å². The molecule has 6 heteroatoms. The van der Waals surface area contributed by atoms with Crippen LogP contribution >= 0.6 is 72.3 Å². The molecule has 3 rings (SSSR count). The monoisotopic (exact) mass is 744 g/mol. The third kappa shape index (κ3) is 9.61. The molecule has 0 amide bonds. The summed E-state index contributed by atoms with van der Waals surface area (Å²) in [6.45, 7) is 32.6. The van der Waals surface area contributed by atoms with Crippen molar-refractivity contribution in [2.45, 2.75) is 137 Å². The van der Waals surface area contributed by atoms with Crippen LogP contribution in [0.25, 0.3) is 0 Å². The highest BCUT2D eigenvalue weighted by molar-refractivity contribution is 9.10. The Hall–Kier alpha value is -0.290. The van der Waals surface area contributed by atoms with Gasteiger partial charge in [-0.3, -0.25) is 0 Å². The minimum atomic E-state index is 0. The predicted molar refractivity (Wildman–Crippen MR) is 205 cm³/mol. The van der Waals surface area contributed by atoms with E-state index in [4.69, 9.17) is 34.8 Å². The molecule has 0 aliphatic rings. The molecule has 0 bridgehead atoms. The number of hydrogen-bond donors (Lipinski definition) is 0. The Morgan fingerprint density at radius 1 is 0.488 bits per heavy atom. The Morgan fingerprint density at radius 2 is 0.744 bits per heavy atom. The standard InChI is InChI=1S/C24H32Cl2S2.C12H16BrCl.CH4/c1-13-11-17(23(5,6)7)19(25)15(3)21(13)27-28-22-14(2)12-18(24(8,9)10)20(26)16(22)4;1-7-6-9(12(3,4)5)11(14)8(2)10(7)13;/h11-12H,1-10H3;6H,1-5H3;1H4. The summed E-state index contributed by atoms with van der Waals surface area (Å²) in [5, 5.41) is 2.65. The van der Waals surface area contributed by atoms with E-state index in [1.54, 1.807) is 21.6 Å². The fraction of sp³-hybridized carbons (Fsp3) is 0.514. The second-order valence-corrected chi connectivity index (χ2v) is 18.5. The van der Waals surface area contributed by atoms with Crippen LogP contribution in [0.5, 0.6) is 0 Å². The van der Waals surface area contributed by atoms with Gasteiger partial charge < -0.3 is 0 Å². The van der Waals surface area contributed by atoms with Crippen LogP contribution in [-0.4, -0.2) is 0 Å². The number of halogens is 4. The van der Waals surface area contributed by atoms with Gasteiger partial charge in [0.25, 0.3) is 0 Å². The van der Waals surface area contributed by atoms with Crippen molar-refractivity contribution in [3.8, 4) is 0 Å². The number of benzene rings is 3. The Labute approximate surface area is 295 Å². The number of hydrogen-bond acceptors (Lipinski definition) is 2. The smallest absolute Gasteiger partial charge is 0.0484 e. The average molecular weight is 747 g/mol. The van der Waals surface area contributed by atoms with Crippen LogP contribution < -0.4 is 0 Å². The zero-order valence-corrected chi connectivity index (χ0v) is 33.5. The molecule has 3 aromatic rings. The first-order valence-electron chi connectivity index (χ1n) is 14.3. The van der Waals surface area contributed by atoms with Crippen LogP contribution in [0.2, 0.25) is 15.1 Å². The summed E-state index contributed by atoms with van der Waals surface area (Å²) in [5.41, 5.74) is 11.1. The van der Waals surface area contributed by atoms with Gasteiger partial charge in [0.2, 0.25) is 0 Å². The fourth-order valence-electron chi connectivity index (χ4n) is 4.80. The van der Waals surface area contributed by atoms with E-state index in [0.29, 0.717) is 0 Å². The summed E-state index contributed by atoms with van der Waals surface area (Å²) in [5.74, 6) is 0. The molecule has 0 fully saturated rings. The fourth-order valence-corrected chi connectivity index (χ4v) is 9.68. The molecule has 0 heterocycles. The summed E-state index contributed by atoms with van der Waals surface area (Å²) < 4.78 is 1.12. The molecule has 0 radical (unpaired) electrons. The molecular formula is C37H52BrCl3S2. The summed E-state index contributed by atoms with van der Waals surface area (Å²) in [6.07, 6.45) is 0. The van der Waals surface area contributed by atoms with Crippen molar-refractivity contribution >= 4 is 72.3 Å². The lowest BCUT2D eigenvalue weighted by molar-refractivity contribution is 0.588. The van der Waals surface area contributed by atoms with Crippen LogP contribution in [-0.2, 0) is 16.2 Å². The van der Waals surface area contributed by atoms with Crippen LogP contribution in [0, 0.1) is 41.5 Å². The normalized spacial score (nSPS) is 12.1. The quantitative estimate of drug-likeness (QED) is 0.245. The largest absolute Gasteiger partial charge is 0.0837 e. The van der Waals surface area contributed by atoms with E-state index in [-0.39, 0.29) is 23.7 Å². The van der Waals surface area contributed by atoms with E-state index in [9.17, 15) is 0 Å². The van der Waals surface area contributed by atoms with Gasteiger partial charge in [-0.05, 0) is 108 Å². The molecule has 0 aromatic heterocycles. The molecule has 43 heavy (non-hydrogen) atoms. The Morgan fingerprint density at radius 3 is 1.02 bits per heavy atom. The van der Waals surface area contributed by atoms with Crippen molar-refractivity contribution in [3.05, 3.63) is 87.8 Å². The molecule has 0 nitrogen and oxygen atoms in total. The van der Waals surface area contributed by atoms with E-state index in [2.05, 4.69) is 138 Å². The highest BCUT2D eigenvalue weighted by atomic mass is 79.9. The average Bonchev–Trinajstić information content (AvgIpc) is 2.84. The Kier molecular flexibility index (Phi) is 14.3. The summed E-state index contributed by atoms with van der Waals surface area (Å²) in [6, 6.07) is 6.65. The topological polar surface area (TPSA) is 0 Å². The van der Waals surface area contributed by atoms with Crippen molar-refractivity contribution in [2.24, 2.45) is 0 Å². The minimum absolute atomic E-state index is 0. The molecule has 3 aromatic carbocycles. The van der Waals surface area contributed by atoms with Crippen LogP contribution in [0.4, 0.5) is 0 Å². The lowest BCUT2D eigenvalue weighted by Crippen LogP contribution is -2.13. The van der Waals surface area contributed by atoms with Gasteiger partial charge in [0.05, 0.1) is 0 Å². The molecule has 0 aliphatic carbocycles. The third-order valence-corrected chi connectivity index (χ3v) is 13.1. The lowest BCUT2D eigenvalue weighted by Gasteiger charge is -2.25. The third-order valence-electron chi connectivity index (χ3n) is 7.48. The van der Waals surface area contributed by atoms with Gasteiger partial charge in [0.1, 0.15) is 0 Å². The van der Waals surface area contributed by atoms with E-state index in [0.717, 1.165) is 36.2 Å². The van der Waals surface area contributed by atoms with Gasteiger partial charge in [-0.25, -0.2) is 0 Å². The zero-order valence-electron chi connectivity index (χ0n) is 28.1. The molecule has 240 valence electrons. The van der Waals surface area contributed by atoms with E-state index in [1.165, 1.54) is 43.2 Å². The maximum Gasteiger partial charge on any atom is 0.0484 e. The van der Waals surface area contributed by atoms with Crippen molar-refractivity contribution in [3.63, 3.8) is 0 Å². The van der Waals surface area contributed by atoms with Crippen molar-refractivity contribution in [2.75, 3.05) is 0 Å². The first-order chi connectivity index (χ1) is 18.9. The Balaban J connectivity index is 0.000000519. The number of rotatable bonds is 3. The molecule has 0 saturated heterocycles. The van der Waals surface area contributed by atoms with E-state index >= 15 is 0 Å². The summed E-state index contributed by atoms with van der Waals surface area (Å²) >= 11 is 23.4.